The predicted molar refractivity (Wildman–Crippen MR) is 80.9 cm³/mol. The van der Waals surface area contributed by atoms with Crippen molar-refractivity contribution in [3.05, 3.63) is 59.4 Å². The average Bonchev–Trinajstić information content (AvgIpc) is 2.43. The Morgan fingerprint density at radius 1 is 1.14 bits per heavy atom. The number of hydrogen-bond acceptors (Lipinski definition) is 3. The van der Waals surface area contributed by atoms with Crippen LogP contribution in [0.15, 0.2) is 47.4 Å². The maximum absolute atomic E-state index is 13.2. The van der Waals surface area contributed by atoms with Gasteiger partial charge < -0.3 is 5.73 Å². The maximum Gasteiger partial charge on any atom is 0.240 e. The zero-order valence-corrected chi connectivity index (χ0v) is 12.5. The number of benzene rings is 2. The number of hydrogen-bond donors (Lipinski definition) is 2. The van der Waals surface area contributed by atoms with Crippen molar-refractivity contribution in [2.45, 2.75) is 18.2 Å². The minimum atomic E-state index is -3.71. The van der Waals surface area contributed by atoms with E-state index < -0.39 is 15.8 Å². The zero-order chi connectivity index (χ0) is 15.5. The van der Waals surface area contributed by atoms with E-state index in [-0.39, 0.29) is 11.4 Å². The van der Waals surface area contributed by atoms with Gasteiger partial charge in [-0.15, -0.1) is 0 Å². The summed E-state index contributed by atoms with van der Waals surface area (Å²) < 4.78 is 40.0. The Morgan fingerprint density at radius 2 is 1.81 bits per heavy atom. The Hall–Kier alpha value is -1.92. The lowest BCUT2D eigenvalue weighted by Gasteiger charge is -2.09. The van der Waals surface area contributed by atoms with Crippen molar-refractivity contribution in [3.63, 3.8) is 0 Å². The molecule has 0 unspecified atom stereocenters. The van der Waals surface area contributed by atoms with Crippen molar-refractivity contribution >= 4 is 15.7 Å². The van der Waals surface area contributed by atoms with Crippen LogP contribution in [0.1, 0.15) is 11.1 Å². The Morgan fingerprint density at radius 3 is 2.48 bits per heavy atom. The van der Waals surface area contributed by atoms with E-state index in [1.54, 1.807) is 19.1 Å². The SMILES string of the molecule is Cc1ccc(F)cc1S(=O)(=O)NCCc1ccc(N)cc1. The molecule has 0 aliphatic rings. The summed E-state index contributed by atoms with van der Waals surface area (Å²) in [5, 5.41) is 0. The van der Waals surface area contributed by atoms with Gasteiger partial charge >= 0.3 is 0 Å². The first-order valence-corrected chi connectivity index (χ1v) is 7.97. The fourth-order valence-corrected chi connectivity index (χ4v) is 3.24. The molecule has 2 aromatic carbocycles. The van der Waals surface area contributed by atoms with Crippen LogP contribution in [0.4, 0.5) is 10.1 Å². The number of nitrogen functional groups attached to an aromatic ring is 1. The second kappa shape index (κ2) is 6.24. The number of sulfonamides is 1. The fraction of sp³-hybridized carbons (Fsp3) is 0.200. The average molecular weight is 308 g/mol. The molecule has 0 fully saturated rings. The van der Waals surface area contributed by atoms with Crippen molar-refractivity contribution in [1.82, 2.24) is 4.72 Å². The lowest BCUT2D eigenvalue weighted by atomic mass is 10.1. The molecule has 0 saturated heterocycles. The molecule has 0 radical (unpaired) electrons. The summed E-state index contributed by atoms with van der Waals surface area (Å²) in [4.78, 5) is -0.0280. The van der Waals surface area contributed by atoms with E-state index in [0.29, 0.717) is 17.7 Å². The van der Waals surface area contributed by atoms with Gasteiger partial charge in [0.25, 0.3) is 0 Å². The van der Waals surface area contributed by atoms with Crippen LogP contribution in [0, 0.1) is 12.7 Å². The lowest BCUT2D eigenvalue weighted by molar-refractivity contribution is 0.576. The number of anilines is 1. The van der Waals surface area contributed by atoms with E-state index >= 15 is 0 Å². The van der Waals surface area contributed by atoms with Crippen LogP contribution in [0.3, 0.4) is 0 Å². The van der Waals surface area contributed by atoms with Gasteiger partial charge in [-0.1, -0.05) is 18.2 Å². The van der Waals surface area contributed by atoms with E-state index in [1.807, 2.05) is 12.1 Å². The van der Waals surface area contributed by atoms with Gasteiger partial charge in [0.05, 0.1) is 4.90 Å². The number of nitrogens with one attached hydrogen (secondary N) is 1. The van der Waals surface area contributed by atoms with Crippen LogP contribution in [0.2, 0.25) is 0 Å². The number of aryl methyl sites for hydroxylation is 1. The molecule has 0 aliphatic heterocycles. The molecule has 21 heavy (non-hydrogen) atoms. The third kappa shape index (κ3) is 4.03. The molecule has 112 valence electrons. The first-order valence-electron chi connectivity index (χ1n) is 6.49. The summed E-state index contributed by atoms with van der Waals surface area (Å²) in [6.07, 6.45) is 0.536. The molecule has 0 amide bonds. The molecule has 0 spiro atoms. The van der Waals surface area contributed by atoms with Crippen LogP contribution in [-0.4, -0.2) is 15.0 Å². The van der Waals surface area contributed by atoms with E-state index in [0.717, 1.165) is 11.6 Å². The zero-order valence-electron chi connectivity index (χ0n) is 11.6. The monoisotopic (exact) mass is 308 g/mol. The Balaban J connectivity index is 2.04. The lowest BCUT2D eigenvalue weighted by Crippen LogP contribution is -2.26. The minimum absolute atomic E-state index is 0.0280. The summed E-state index contributed by atoms with van der Waals surface area (Å²) in [6.45, 7) is 1.87. The summed E-state index contributed by atoms with van der Waals surface area (Å²) in [6, 6.07) is 10.9. The van der Waals surface area contributed by atoms with Crippen molar-refractivity contribution in [2.24, 2.45) is 0 Å². The molecule has 0 aliphatic carbocycles. The quantitative estimate of drug-likeness (QED) is 0.832. The standard InChI is InChI=1S/C15H17FN2O2S/c1-11-2-5-13(16)10-15(11)21(19,20)18-9-8-12-3-6-14(17)7-4-12/h2-7,10,18H,8-9,17H2,1H3. The summed E-state index contributed by atoms with van der Waals surface area (Å²) >= 11 is 0. The predicted octanol–water partition coefficient (Wildman–Crippen LogP) is 2.24. The number of rotatable bonds is 5. The van der Waals surface area contributed by atoms with Crippen molar-refractivity contribution in [2.75, 3.05) is 12.3 Å². The molecule has 4 nitrogen and oxygen atoms in total. The van der Waals surface area contributed by atoms with Gasteiger partial charge in [0.15, 0.2) is 0 Å². The second-order valence-corrected chi connectivity index (χ2v) is 6.53. The van der Waals surface area contributed by atoms with Crippen LogP contribution in [0.25, 0.3) is 0 Å². The van der Waals surface area contributed by atoms with Gasteiger partial charge in [-0.25, -0.2) is 17.5 Å². The molecule has 0 heterocycles. The normalized spacial score (nSPS) is 11.5. The van der Waals surface area contributed by atoms with E-state index in [9.17, 15) is 12.8 Å². The molecule has 3 N–H and O–H groups in total. The second-order valence-electron chi connectivity index (χ2n) is 4.80. The van der Waals surface area contributed by atoms with Gasteiger partial charge in [0.1, 0.15) is 5.82 Å². The van der Waals surface area contributed by atoms with Crippen LogP contribution >= 0.6 is 0 Å². The van der Waals surface area contributed by atoms with E-state index in [2.05, 4.69) is 4.72 Å². The molecule has 0 bridgehead atoms. The molecule has 0 aromatic heterocycles. The molecule has 0 saturated carbocycles. The smallest absolute Gasteiger partial charge is 0.240 e. The number of nitrogens with two attached hydrogens (primary N) is 1. The van der Waals surface area contributed by atoms with Gasteiger partial charge in [0.2, 0.25) is 10.0 Å². The summed E-state index contributed by atoms with van der Waals surface area (Å²) in [5.74, 6) is -0.570. The number of halogens is 1. The largest absolute Gasteiger partial charge is 0.399 e. The fourth-order valence-electron chi connectivity index (χ4n) is 1.96. The molecule has 6 heteroatoms. The Bertz CT molecular complexity index is 728. The molecular weight excluding hydrogens is 291 g/mol. The van der Waals surface area contributed by atoms with E-state index in [1.165, 1.54) is 12.1 Å². The molecule has 2 rings (SSSR count). The maximum atomic E-state index is 13.2. The third-order valence-corrected chi connectivity index (χ3v) is 4.73. The first kappa shape index (κ1) is 15.5. The summed E-state index contributed by atoms with van der Waals surface area (Å²) in [7, 11) is -3.71. The molecule has 2 aromatic rings. The molecule has 0 atom stereocenters. The van der Waals surface area contributed by atoms with Crippen LogP contribution in [0.5, 0.6) is 0 Å². The Kier molecular flexibility index (Phi) is 4.59. The van der Waals surface area contributed by atoms with Gasteiger partial charge in [0, 0.05) is 12.2 Å². The van der Waals surface area contributed by atoms with Gasteiger partial charge in [-0.3, -0.25) is 0 Å². The topological polar surface area (TPSA) is 72.2 Å². The van der Waals surface area contributed by atoms with Crippen LogP contribution < -0.4 is 10.5 Å². The highest BCUT2D eigenvalue weighted by Gasteiger charge is 2.16. The highest BCUT2D eigenvalue weighted by atomic mass is 32.2. The minimum Gasteiger partial charge on any atom is -0.399 e. The van der Waals surface area contributed by atoms with Crippen LogP contribution in [-0.2, 0) is 16.4 Å². The highest BCUT2D eigenvalue weighted by molar-refractivity contribution is 7.89. The highest BCUT2D eigenvalue weighted by Crippen LogP contribution is 2.16. The molecular formula is C15H17FN2O2S. The van der Waals surface area contributed by atoms with Gasteiger partial charge in [-0.05, 0) is 48.7 Å². The third-order valence-electron chi connectivity index (χ3n) is 3.13. The van der Waals surface area contributed by atoms with Crippen molar-refractivity contribution in [3.8, 4) is 0 Å². The first-order chi connectivity index (χ1) is 9.88. The van der Waals surface area contributed by atoms with Crippen molar-refractivity contribution in [1.29, 1.82) is 0 Å². The van der Waals surface area contributed by atoms with Gasteiger partial charge in [-0.2, -0.15) is 0 Å². The Labute approximate surface area is 123 Å². The van der Waals surface area contributed by atoms with Crippen molar-refractivity contribution < 1.29 is 12.8 Å². The summed E-state index contributed by atoms with van der Waals surface area (Å²) in [5.41, 5.74) is 7.73. The van der Waals surface area contributed by atoms with E-state index in [4.69, 9.17) is 5.73 Å².